The smallest absolute Gasteiger partial charge is 0.281 e. The van der Waals surface area contributed by atoms with Gasteiger partial charge in [-0.3, -0.25) is 24.2 Å². The first-order valence-corrected chi connectivity index (χ1v) is 12.2. The summed E-state index contributed by atoms with van der Waals surface area (Å²) in [6.45, 7) is 4.70. The summed E-state index contributed by atoms with van der Waals surface area (Å²) >= 11 is 3.59. The van der Waals surface area contributed by atoms with Crippen LogP contribution in [-0.2, 0) is 6.54 Å². The number of anilines is 2. The molecule has 0 unspecified atom stereocenters. The molecule has 8 nitrogen and oxygen atoms in total. The number of guanidine groups is 1. The summed E-state index contributed by atoms with van der Waals surface area (Å²) < 4.78 is 8.33. The first-order valence-electron chi connectivity index (χ1n) is 11.4. The molecule has 0 atom stereocenters. The summed E-state index contributed by atoms with van der Waals surface area (Å²) in [4.78, 5) is 27.2. The average molecular weight is 501 g/mol. The van der Waals surface area contributed by atoms with Crippen LogP contribution in [0.3, 0.4) is 0 Å². The molecule has 0 radical (unpaired) electrons. The van der Waals surface area contributed by atoms with Crippen molar-refractivity contribution in [3.63, 3.8) is 0 Å². The highest BCUT2D eigenvalue weighted by molar-refractivity contribution is 9.10. The second-order valence-electron chi connectivity index (χ2n) is 8.52. The number of halogens is 1. The van der Waals surface area contributed by atoms with E-state index in [9.17, 15) is 4.79 Å². The van der Waals surface area contributed by atoms with Gasteiger partial charge in [0.1, 0.15) is 5.75 Å². The number of hydrogen-bond donors (Lipinski definition) is 1. The number of nitrogens with one attached hydrogen (secondary N) is 1. The van der Waals surface area contributed by atoms with Crippen LogP contribution in [0.1, 0.15) is 55.1 Å². The van der Waals surface area contributed by atoms with Gasteiger partial charge in [0.25, 0.3) is 5.91 Å². The van der Waals surface area contributed by atoms with E-state index in [2.05, 4.69) is 35.7 Å². The molecule has 3 heterocycles. The number of methoxy groups -OCH3 is 1. The van der Waals surface area contributed by atoms with Crippen LogP contribution in [0.5, 0.6) is 5.75 Å². The van der Waals surface area contributed by atoms with Gasteiger partial charge in [0, 0.05) is 25.7 Å². The zero-order valence-corrected chi connectivity index (χ0v) is 20.2. The molecule has 2 aliphatic heterocycles. The Morgan fingerprint density at radius 3 is 2.78 bits per heavy atom. The molecular weight excluding hydrogens is 472 g/mol. The Morgan fingerprint density at radius 1 is 1.25 bits per heavy atom. The van der Waals surface area contributed by atoms with Crippen molar-refractivity contribution in [2.45, 2.75) is 51.6 Å². The summed E-state index contributed by atoms with van der Waals surface area (Å²) in [5.41, 5.74) is 1.71. The van der Waals surface area contributed by atoms with Gasteiger partial charge in [0.05, 0.1) is 18.1 Å². The molecule has 1 fully saturated rings. The Labute approximate surface area is 196 Å². The van der Waals surface area contributed by atoms with Crippen LogP contribution in [0.15, 0.2) is 27.7 Å². The number of ether oxygens (including phenoxy) is 1. The van der Waals surface area contributed by atoms with Crippen molar-refractivity contribution in [1.82, 2.24) is 14.5 Å². The van der Waals surface area contributed by atoms with Gasteiger partial charge in [0.2, 0.25) is 11.9 Å². The summed E-state index contributed by atoms with van der Waals surface area (Å²) in [6.07, 6.45) is 5.69. The number of benzene rings is 1. The third-order valence-corrected chi connectivity index (χ3v) is 7.11. The molecule has 0 spiro atoms. The third kappa shape index (κ3) is 3.66. The minimum atomic E-state index is -0.0288. The van der Waals surface area contributed by atoms with E-state index in [0.29, 0.717) is 24.8 Å². The normalized spacial score (nSPS) is 18.5. The van der Waals surface area contributed by atoms with Gasteiger partial charge in [-0.05, 0) is 59.8 Å². The zero-order chi connectivity index (χ0) is 22.2. The second kappa shape index (κ2) is 8.77. The van der Waals surface area contributed by atoms with E-state index in [-0.39, 0.29) is 5.91 Å². The zero-order valence-electron chi connectivity index (χ0n) is 18.6. The maximum absolute atomic E-state index is 13.6. The third-order valence-electron chi connectivity index (χ3n) is 6.49. The van der Waals surface area contributed by atoms with Crippen LogP contribution in [0, 0.1) is 0 Å². The minimum Gasteiger partial charge on any atom is -0.496 e. The molecule has 3 aliphatic rings. The molecule has 1 aromatic heterocycles. The van der Waals surface area contributed by atoms with E-state index in [1.54, 1.807) is 12.0 Å². The first kappa shape index (κ1) is 21.3. The van der Waals surface area contributed by atoms with Gasteiger partial charge in [-0.25, -0.2) is 0 Å². The van der Waals surface area contributed by atoms with Crippen LogP contribution in [0.2, 0.25) is 0 Å². The number of aromatic nitrogens is 2. The van der Waals surface area contributed by atoms with Crippen molar-refractivity contribution in [2.75, 3.05) is 37.0 Å². The van der Waals surface area contributed by atoms with E-state index in [1.807, 2.05) is 25.1 Å². The molecular formula is C23H29BrN6O2. The van der Waals surface area contributed by atoms with Crippen molar-refractivity contribution in [3.8, 4) is 5.75 Å². The predicted octanol–water partition coefficient (Wildman–Crippen LogP) is 4.10. The van der Waals surface area contributed by atoms with Crippen LogP contribution in [0.25, 0.3) is 0 Å². The van der Waals surface area contributed by atoms with Crippen molar-refractivity contribution in [3.05, 3.63) is 33.9 Å². The van der Waals surface area contributed by atoms with Crippen molar-refractivity contribution >= 4 is 39.6 Å². The lowest BCUT2D eigenvalue weighted by Gasteiger charge is -2.38. The highest BCUT2D eigenvalue weighted by atomic mass is 79.9. The lowest BCUT2D eigenvalue weighted by atomic mass is 10.2. The number of carbonyl (C=O) groups excluding carboxylic acids is 1. The molecule has 1 amide bonds. The molecule has 1 aromatic carbocycles. The summed E-state index contributed by atoms with van der Waals surface area (Å²) in [5.74, 6) is 2.99. The number of imidazole rings is 1. The van der Waals surface area contributed by atoms with Crippen molar-refractivity contribution in [1.29, 1.82) is 0 Å². The Balaban J connectivity index is 1.60. The highest BCUT2D eigenvalue weighted by Crippen LogP contribution is 2.35. The molecule has 0 saturated heterocycles. The van der Waals surface area contributed by atoms with Crippen molar-refractivity contribution < 1.29 is 9.53 Å². The monoisotopic (exact) mass is 500 g/mol. The number of fused-ring (bicyclic) bond motifs is 3. The van der Waals surface area contributed by atoms with Gasteiger partial charge in [0.15, 0.2) is 11.5 Å². The van der Waals surface area contributed by atoms with Gasteiger partial charge in [-0.1, -0.05) is 18.9 Å². The fraction of sp³-hybridized carbons (Fsp3) is 0.522. The number of nitrogens with zero attached hydrogens (tertiary/aromatic N) is 5. The van der Waals surface area contributed by atoms with Crippen LogP contribution in [-0.4, -0.2) is 59.1 Å². The lowest BCUT2D eigenvalue weighted by Crippen LogP contribution is -2.54. The van der Waals surface area contributed by atoms with Crippen molar-refractivity contribution in [2.24, 2.45) is 4.99 Å². The maximum atomic E-state index is 13.6. The number of carbonyl (C=O) groups is 1. The van der Waals surface area contributed by atoms with E-state index in [0.717, 1.165) is 65.9 Å². The molecule has 1 saturated carbocycles. The van der Waals surface area contributed by atoms with Gasteiger partial charge >= 0.3 is 0 Å². The molecule has 170 valence electrons. The van der Waals surface area contributed by atoms with E-state index in [1.165, 1.54) is 12.8 Å². The minimum absolute atomic E-state index is 0.0288. The highest BCUT2D eigenvalue weighted by Gasteiger charge is 2.40. The molecule has 1 N–H and O–H groups in total. The SMILES string of the molecule is CCN1C(=O)c2c(nc(NC3CCCC3)n2Cc2ccc(OC)c(Br)c2)N2CCCN=C12. The maximum Gasteiger partial charge on any atom is 0.281 e. The fourth-order valence-corrected chi connectivity index (χ4v) is 5.46. The standard InChI is InChI=1S/C23H29BrN6O2/c1-3-28-21(31)19-20(29-12-6-11-25-23(28)29)27-22(26-16-7-4-5-8-16)30(19)14-15-9-10-18(32-2)17(24)13-15/h9-10,13,16H,3-8,11-12,14H2,1-2H3,(H,26,27). The van der Waals surface area contributed by atoms with Crippen LogP contribution >= 0.6 is 15.9 Å². The summed E-state index contributed by atoms with van der Waals surface area (Å²) in [5, 5.41) is 3.65. The molecule has 2 aromatic rings. The predicted molar refractivity (Wildman–Crippen MR) is 129 cm³/mol. The lowest BCUT2D eigenvalue weighted by molar-refractivity contribution is 0.0834. The number of rotatable bonds is 6. The largest absolute Gasteiger partial charge is 0.496 e. The van der Waals surface area contributed by atoms with E-state index < -0.39 is 0 Å². The number of aliphatic imine (C=N–C) groups is 1. The fourth-order valence-electron chi connectivity index (χ4n) is 4.88. The molecule has 1 aliphatic carbocycles. The summed E-state index contributed by atoms with van der Waals surface area (Å²) in [7, 11) is 1.66. The Hall–Kier alpha value is -2.55. The molecule has 32 heavy (non-hydrogen) atoms. The number of hydrogen-bond acceptors (Lipinski definition) is 6. The molecule has 0 bridgehead atoms. The quantitative estimate of drug-likeness (QED) is 0.646. The summed E-state index contributed by atoms with van der Waals surface area (Å²) in [6, 6.07) is 6.42. The Morgan fingerprint density at radius 2 is 2.06 bits per heavy atom. The average Bonchev–Trinajstić information content (AvgIpc) is 3.43. The van der Waals surface area contributed by atoms with E-state index >= 15 is 0 Å². The van der Waals surface area contributed by atoms with Gasteiger partial charge in [-0.15, -0.1) is 0 Å². The second-order valence-corrected chi connectivity index (χ2v) is 9.38. The molecule has 9 heteroatoms. The Bertz CT molecular complexity index is 1060. The van der Waals surface area contributed by atoms with Crippen LogP contribution < -0.4 is 15.0 Å². The topological polar surface area (TPSA) is 75.0 Å². The van der Waals surface area contributed by atoms with E-state index in [4.69, 9.17) is 9.72 Å². The van der Waals surface area contributed by atoms with Gasteiger partial charge in [-0.2, -0.15) is 4.98 Å². The number of amides is 1. The van der Waals surface area contributed by atoms with Gasteiger partial charge < -0.3 is 10.1 Å². The first-order chi connectivity index (χ1) is 15.6. The van der Waals surface area contributed by atoms with Crippen LogP contribution in [0.4, 0.5) is 11.8 Å². The Kier molecular flexibility index (Phi) is 5.84. The molecule has 5 rings (SSSR count).